The molecule has 7 heteroatoms. The van der Waals surface area contributed by atoms with Gasteiger partial charge in [0.1, 0.15) is 5.75 Å². The van der Waals surface area contributed by atoms with Crippen molar-refractivity contribution in [3.05, 3.63) is 124 Å². The molecule has 2 heterocycles. The van der Waals surface area contributed by atoms with Crippen molar-refractivity contribution in [2.24, 2.45) is 17.8 Å². The molecule has 0 spiro atoms. The summed E-state index contributed by atoms with van der Waals surface area (Å²) < 4.78 is 5.72. The van der Waals surface area contributed by atoms with Crippen LogP contribution < -0.4 is 14.5 Å². The largest absolute Gasteiger partial charge is 0.426 e. The second-order valence-electron chi connectivity index (χ2n) is 12.4. The number of aryl methyl sites for hydroxylation is 2. The molecule has 2 saturated heterocycles. The number of esters is 1. The number of amides is 3. The SMILES string of the molecule is Cc1ccc(N2C[C@H](C(=O)Oc3ccc(N4C(=O)[C@H]5C6c7ccccc7C(c7ccccc76)[C@@H]5C4=O)c(C)c3)CC2=O)cc1. The van der Waals surface area contributed by atoms with Gasteiger partial charge in [0, 0.05) is 30.5 Å². The number of nitrogens with zero attached hydrogens (tertiary/aromatic N) is 2. The number of imide groups is 1. The quantitative estimate of drug-likeness (QED) is 0.176. The summed E-state index contributed by atoms with van der Waals surface area (Å²) in [7, 11) is 0. The Balaban J connectivity index is 1.04. The van der Waals surface area contributed by atoms with Crippen molar-refractivity contribution in [3.63, 3.8) is 0 Å². The van der Waals surface area contributed by atoms with E-state index in [0.717, 1.165) is 33.5 Å². The lowest BCUT2D eigenvalue weighted by Crippen LogP contribution is -2.41. The molecule has 0 unspecified atom stereocenters. The zero-order valence-corrected chi connectivity index (χ0v) is 24.4. The summed E-state index contributed by atoms with van der Waals surface area (Å²) in [6, 6.07) is 29.0. The van der Waals surface area contributed by atoms with E-state index in [0.29, 0.717) is 17.0 Å². The first-order valence-corrected chi connectivity index (χ1v) is 15.1. The monoisotopic (exact) mass is 582 g/mol. The molecule has 9 rings (SSSR count). The second kappa shape index (κ2) is 9.74. The first-order valence-electron chi connectivity index (χ1n) is 15.1. The normalized spacial score (nSPS) is 24.8. The topological polar surface area (TPSA) is 84.0 Å². The minimum atomic E-state index is -0.590. The smallest absolute Gasteiger partial charge is 0.316 e. The molecule has 0 saturated carbocycles. The molecule has 3 aliphatic carbocycles. The average Bonchev–Trinajstić information content (AvgIpc) is 3.55. The van der Waals surface area contributed by atoms with E-state index in [1.807, 2.05) is 62.4 Å². The number of hydrogen-bond donors (Lipinski definition) is 0. The first-order chi connectivity index (χ1) is 21.3. The van der Waals surface area contributed by atoms with E-state index in [1.54, 1.807) is 23.1 Å². The van der Waals surface area contributed by atoms with E-state index in [9.17, 15) is 19.2 Å². The van der Waals surface area contributed by atoms with E-state index in [2.05, 4.69) is 24.3 Å². The summed E-state index contributed by atoms with van der Waals surface area (Å²) in [6.07, 6.45) is 0.0798. The van der Waals surface area contributed by atoms with Crippen LogP contribution in [0.4, 0.5) is 11.4 Å². The van der Waals surface area contributed by atoms with Crippen molar-refractivity contribution in [2.45, 2.75) is 32.1 Å². The number of ether oxygens (including phenoxy) is 1. The van der Waals surface area contributed by atoms with Crippen LogP contribution in [0.15, 0.2) is 91.0 Å². The summed E-state index contributed by atoms with van der Waals surface area (Å²) in [6.45, 7) is 4.05. The Morgan fingerprint density at radius 1 is 0.727 bits per heavy atom. The average molecular weight is 583 g/mol. The Morgan fingerprint density at radius 2 is 1.27 bits per heavy atom. The number of anilines is 2. The highest BCUT2D eigenvalue weighted by molar-refractivity contribution is 6.23. The molecule has 3 atom stereocenters. The van der Waals surface area contributed by atoms with Crippen molar-refractivity contribution in [3.8, 4) is 5.75 Å². The number of carbonyl (C=O) groups excluding carboxylic acids is 4. The molecular formula is C37H30N2O5. The molecule has 44 heavy (non-hydrogen) atoms. The molecule has 2 bridgehead atoms. The van der Waals surface area contributed by atoms with Crippen LogP contribution in [0.2, 0.25) is 0 Å². The zero-order valence-electron chi connectivity index (χ0n) is 24.4. The Bertz CT molecular complexity index is 1780. The van der Waals surface area contributed by atoms with Gasteiger partial charge in [-0.05, 0) is 72.0 Å². The van der Waals surface area contributed by atoms with Gasteiger partial charge in [-0.15, -0.1) is 0 Å². The summed E-state index contributed by atoms with van der Waals surface area (Å²) in [5.74, 6) is -2.53. The van der Waals surface area contributed by atoms with Crippen LogP contribution in [0.1, 0.15) is 51.6 Å². The van der Waals surface area contributed by atoms with Gasteiger partial charge in [0.25, 0.3) is 0 Å². The minimum absolute atomic E-state index is 0.0798. The molecule has 3 amide bonds. The number of benzene rings is 4. The van der Waals surface area contributed by atoms with Crippen molar-refractivity contribution in [1.82, 2.24) is 0 Å². The van der Waals surface area contributed by atoms with E-state index >= 15 is 0 Å². The van der Waals surface area contributed by atoms with Gasteiger partial charge in [-0.25, -0.2) is 4.90 Å². The Labute approximate surface area is 255 Å². The third-order valence-electron chi connectivity index (χ3n) is 9.88. The minimum Gasteiger partial charge on any atom is -0.426 e. The molecule has 0 radical (unpaired) electrons. The van der Waals surface area contributed by atoms with E-state index in [1.165, 1.54) is 4.90 Å². The van der Waals surface area contributed by atoms with Gasteiger partial charge in [-0.3, -0.25) is 19.2 Å². The van der Waals surface area contributed by atoms with Crippen LogP contribution in [0, 0.1) is 31.6 Å². The highest BCUT2D eigenvalue weighted by Crippen LogP contribution is 2.61. The highest BCUT2D eigenvalue weighted by atomic mass is 16.5. The lowest BCUT2D eigenvalue weighted by atomic mass is 9.55. The van der Waals surface area contributed by atoms with Gasteiger partial charge in [-0.1, -0.05) is 66.2 Å². The summed E-state index contributed by atoms with van der Waals surface area (Å²) in [5.41, 5.74) is 7.53. The third-order valence-corrected chi connectivity index (χ3v) is 9.88. The van der Waals surface area contributed by atoms with Crippen LogP contribution in [-0.2, 0) is 19.2 Å². The standard InChI is InChI=1S/C37H30N2O5/c1-20-11-13-23(14-12-20)38-19-22(18-30(38)40)37(43)44-24-15-16-29(21(2)17-24)39-35(41)33-31-25-7-3-4-8-26(25)32(34(33)36(39)42)28-10-6-5-9-27(28)31/h3-17,22,31-34H,18-19H2,1-2H3/t22-,31?,32?,33+,34+/m1/s1. The summed E-state index contributed by atoms with van der Waals surface area (Å²) >= 11 is 0. The van der Waals surface area contributed by atoms with E-state index < -0.39 is 23.7 Å². The van der Waals surface area contributed by atoms with Crippen LogP contribution in [-0.4, -0.2) is 30.2 Å². The molecule has 2 aliphatic heterocycles. The van der Waals surface area contributed by atoms with Gasteiger partial charge < -0.3 is 9.64 Å². The van der Waals surface area contributed by atoms with Gasteiger partial charge >= 0.3 is 5.97 Å². The van der Waals surface area contributed by atoms with Crippen LogP contribution >= 0.6 is 0 Å². The molecule has 2 fully saturated rings. The molecule has 5 aliphatic rings. The fourth-order valence-electron chi connectivity index (χ4n) is 7.90. The predicted molar refractivity (Wildman–Crippen MR) is 164 cm³/mol. The van der Waals surface area contributed by atoms with E-state index in [4.69, 9.17) is 4.74 Å². The Hall–Kier alpha value is -5.04. The fraction of sp³-hybridized carbons (Fsp3) is 0.243. The Morgan fingerprint density at radius 3 is 1.80 bits per heavy atom. The predicted octanol–water partition coefficient (Wildman–Crippen LogP) is 5.66. The van der Waals surface area contributed by atoms with Crippen molar-refractivity contribution >= 4 is 35.1 Å². The van der Waals surface area contributed by atoms with Crippen molar-refractivity contribution in [1.29, 1.82) is 0 Å². The van der Waals surface area contributed by atoms with Gasteiger partial charge in [-0.2, -0.15) is 0 Å². The number of rotatable bonds is 4. The molecule has 218 valence electrons. The van der Waals surface area contributed by atoms with Gasteiger partial charge in [0.15, 0.2) is 0 Å². The molecule has 4 aromatic rings. The molecule has 0 aromatic heterocycles. The maximum atomic E-state index is 14.1. The van der Waals surface area contributed by atoms with E-state index in [-0.39, 0.29) is 42.5 Å². The lowest BCUT2D eigenvalue weighted by Gasteiger charge is -2.45. The van der Waals surface area contributed by atoms with Crippen LogP contribution in [0.3, 0.4) is 0 Å². The fourth-order valence-corrected chi connectivity index (χ4v) is 7.90. The maximum Gasteiger partial charge on any atom is 0.316 e. The summed E-state index contributed by atoms with van der Waals surface area (Å²) in [5, 5.41) is 0. The first kappa shape index (κ1) is 26.6. The van der Waals surface area contributed by atoms with Crippen molar-refractivity contribution < 1.29 is 23.9 Å². The van der Waals surface area contributed by atoms with Gasteiger partial charge in [0.05, 0.1) is 23.4 Å². The number of carbonyl (C=O) groups is 4. The molecular weight excluding hydrogens is 552 g/mol. The molecule has 7 nitrogen and oxygen atoms in total. The second-order valence-corrected chi connectivity index (χ2v) is 12.4. The third kappa shape index (κ3) is 3.81. The lowest BCUT2D eigenvalue weighted by molar-refractivity contribution is -0.139. The van der Waals surface area contributed by atoms with Crippen molar-refractivity contribution in [2.75, 3.05) is 16.3 Å². The number of hydrogen-bond acceptors (Lipinski definition) is 5. The van der Waals surface area contributed by atoms with Crippen LogP contribution in [0.5, 0.6) is 5.75 Å². The molecule has 4 aromatic carbocycles. The van der Waals surface area contributed by atoms with Crippen LogP contribution in [0.25, 0.3) is 0 Å². The van der Waals surface area contributed by atoms with Gasteiger partial charge in [0.2, 0.25) is 17.7 Å². The summed E-state index contributed by atoms with van der Waals surface area (Å²) in [4.78, 5) is 57.0. The zero-order chi connectivity index (χ0) is 30.3. The maximum absolute atomic E-state index is 14.1. The highest BCUT2D eigenvalue weighted by Gasteiger charge is 2.61. The Kier molecular flexibility index (Phi) is 5.88. The molecule has 0 N–H and O–H groups in total.